The Morgan fingerprint density at radius 3 is 2.71 bits per heavy atom. The number of aliphatic hydroxyl groups is 1. The van der Waals surface area contributed by atoms with E-state index < -0.39 is 11.5 Å². The van der Waals surface area contributed by atoms with Gasteiger partial charge in [-0.3, -0.25) is 4.79 Å². The molecule has 0 saturated heterocycles. The van der Waals surface area contributed by atoms with Crippen LogP contribution in [0, 0.1) is 16.7 Å². The molecular weight excluding hydrogens is 216 g/mol. The first-order chi connectivity index (χ1) is 7.77. The number of carbonyl (C=O) groups is 1. The van der Waals surface area contributed by atoms with Crippen LogP contribution in [-0.2, 0) is 9.53 Å². The standard InChI is InChI=1S/C14H20O3/c1-8-6-14(4)10(12(16)17-5)7-13(8,3)9(2)11(14)15/h6,10-11,15H,2,7H2,1,3-5H3/t10-,11-,13+,14+/m1/s1. The molecule has 0 aromatic carbocycles. The molecule has 0 aromatic heterocycles. The maximum Gasteiger partial charge on any atom is 0.309 e. The highest BCUT2D eigenvalue weighted by molar-refractivity contribution is 5.75. The minimum absolute atomic E-state index is 0.242. The van der Waals surface area contributed by atoms with Gasteiger partial charge in [-0.05, 0) is 18.9 Å². The van der Waals surface area contributed by atoms with E-state index in [1.165, 1.54) is 12.7 Å². The van der Waals surface area contributed by atoms with Crippen LogP contribution in [-0.4, -0.2) is 24.3 Å². The quantitative estimate of drug-likeness (QED) is 0.560. The lowest BCUT2D eigenvalue weighted by Crippen LogP contribution is -2.56. The molecule has 0 aliphatic heterocycles. The van der Waals surface area contributed by atoms with Crippen molar-refractivity contribution >= 4 is 5.97 Å². The Morgan fingerprint density at radius 1 is 1.59 bits per heavy atom. The monoisotopic (exact) mass is 236 g/mol. The molecular formula is C14H20O3. The SMILES string of the molecule is C=C1[C@@H](O)[C@@]2(C)C=C(C)[C@]1(C)C[C@@H]2C(=O)OC. The van der Waals surface area contributed by atoms with Crippen LogP contribution >= 0.6 is 0 Å². The molecule has 0 aromatic rings. The summed E-state index contributed by atoms with van der Waals surface area (Å²) in [5.74, 6) is -0.532. The van der Waals surface area contributed by atoms with Gasteiger partial charge in [-0.15, -0.1) is 0 Å². The molecule has 0 heterocycles. The summed E-state index contributed by atoms with van der Waals surface area (Å²) in [4.78, 5) is 11.9. The number of aliphatic hydroxyl groups excluding tert-OH is 1. The first-order valence-electron chi connectivity index (χ1n) is 5.92. The van der Waals surface area contributed by atoms with Crippen LogP contribution in [0.2, 0.25) is 0 Å². The van der Waals surface area contributed by atoms with Gasteiger partial charge >= 0.3 is 5.97 Å². The topological polar surface area (TPSA) is 46.5 Å². The van der Waals surface area contributed by atoms with E-state index in [2.05, 4.69) is 6.58 Å². The Balaban J connectivity index is 2.55. The molecule has 3 aliphatic rings. The van der Waals surface area contributed by atoms with Gasteiger partial charge < -0.3 is 9.84 Å². The molecule has 1 saturated carbocycles. The van der Waals surface area contributed by atoms with Crippen molar-refractivity contribution in [2.24, 2.45) is 16.7 Å². The fourth-order valence-electron chi connectivity index (χ4n) is 3.33. The average Bonchev–Trinajstić information content (AvgIpc) is 2.29. The van der Waals surface area contributed by atoms with E-state index >= 15 is 0 Å². The Labute approximate surface area is 102 Å². The molecule has 3 rings (SSSR count). The molecule has 1 N–H and O–H groups in total. The first-order valence-corrected chi connectivity index (χ1v) is 5.92. The van der Waals surface area contributed by atoms with Gasteiger partial charge in [-0.2, -0.15) is 0 Å². The molecule has 3 nitrogen and oxygen atoms in total. The number of hydrogen-bond donors (Lipinski definition) is 1. The van der Waals surface area contributed by atoms with Gasteiger partial charge in [0.2, 0.25) is 0 Å². The van der Waals surface area contributed by atoms with Crippen LogP contribution < -0.4 is 0 Å². The summed E-state index contributed by atoms with van der Waals surface area (Å²) in [5.41, 5.74) is 1.15. The maximum absolute atomic E-state index is 11.9. The van der Waals surface area contributed by atoms with E-state index in [-0.39, 0.29) is 17.3 Å². The third kappa shape index (κ3) is 1.35. The smallest absolute Gasteiger partial charge is 0.309 e. The predicted molar refractivity (Wildman–Crippen MR) is 65.2 cm³/mol. The number of methoxy groups -OCH3 is 1. The van der Waals surface area contributed by atoms with E-state index in [1.54, 1.807) is 0 Å². The number of hydrogen-bond acceptors (Lipinski definition) is 3. The molecule has 17 heavy (non-hydrogen) atoms. The Hall–Kier alpha value is -1.09. The largest absolute Gasteiger partial charge is 0.469 e. The summed E-state index contributed by atoms with van der Waals surface area (Å²) < 4.78 is 4.86. The molecule has 3 aliphatic carbocycles. The number of esters is 1. The van der Waals surface area contributed by atoms with Gasteiger partial charge in [0.25, 0.3) is 0 Å². The highest BCUT2D eigenvalue weighted by Crippen LogP contribution is 2.60. The molecule has 0 unspecified atom stereocenters. The molecule has 1 fully saturated rings. The second-order valence-corrected chi connectivity index (χ2v) is 5.73. The summed E-state index contributed by atoms with van der Waals surface area (Å²) in [7, 11) is 1.40. The Morgan fingerprint density at radius 2 is 2.18 bits per heavy atom. The van der Waals surface area contributed by atoms with E-state index in [0.29, 0.717) is 6.42 Å². The van der Waals surface area contributed by atoms with Crippen molar-refractivity contribution in [2.45, 2.75) is 33.3 Å². The summed E-state index contributed by atoms with van der Waals surface area (Å²) in [6.45, 7) is 10.0. The summed E-state index contributed by atoms with van der Waals surface area (Å²) in [6, 6.07) is 0. The molecule has 2 bridgehead atoms. The number of allylic oxidation sites excluding steroid dienone is 1. The Bertz CT molecular complexity index is 423. The number of fused-ring (bicyclic) bond motifs is 2. The highest BCUT2D eigenvalue weighted by Gasteiger charge is 2.59. The van der Waals surface area contributed by atoms with Crippen molar-refractivity contribution in [3.63, 3.8) is 0 Å². The van der Waals surface area contributed by atoms with Crippen molar-refractivity contribution in [1.29, 1.82) is 0 Å². The van der Waals surface area contributed by atoms with Gasteiger partial charge in [0, 0.05) is 10.8 Å². The molecule has 4 atom stereocenters. The second-order valence-electron chi connectivity index (χ2n) is 5.73. The molecule has 0 amide bonds. The van der Waals surface area contributed by atoms with Crippen molar-refractivity contribution in [1.82, 2.24) is 0 Å². The number of carbonyl (C=O) groups excluding carboxylic acids is 1. The zero-order valence-electron chi connectivity index (χ0n) is 10.9. The van der Waals surface area contributed by atoms with Crippen molar-refractivity contribution < 1.29 is 14.6 Å². The van der Waals surface area contributed by atoms with E-state index in [0.717, 1.165) is 5.57 Å². The zero-order chi connectivity index (χ0) is 13.0. The van der Waals surface area contributed by atoms with E-state index in [1.807, 2.05) is 26.8 Å². The van der Waals surface area contributed by atoms with Gasteiger partial charge in [0.1, 0.15) is 0 Å². The molecule has 0 spiro atoms. The minimum Gasteiger partial charge on any atom is -0.469 e. The van der Waals surface area contributed by atoms with Gasteiger partial charge in [0.05, 0.1) is 19.1 Å². The lowest BCUT2D eigenvalue weighted by molar-refractivity contribution is -0.156. The van der Waals surface area contributed by atoms with Gasteiger partial charge in [-0.25, -0.2) is 0 Å². The summed E-state index contributed by atoms with van der Waals surface area (Å²) >= 11 is 0. The average molecular weight is 236 g/mol. The lowest BCUT2D eigenvalue weighted by Gasteiger charge is -2.56. The van der Waals surface area contributed by atoms with Crippen LogP contribution in [0.5, 0.6) is 0 Å². The summed E-state index contributed by atoms with van der Waals surface area (Å²) in [6.07, 6.45) is 2.03. The molecule has 94 valence electrons. The van der Waals surface area contributed by atoms with Crippen LogP contribution in [0.1, 0.15) is 27.2 Å². The van der Waals surface area contributed by atoms with Crippen LogP contribution in [0.4, 0.5) is 0 Å². The zero-order valence-corrected chi connectivity index (χ0v) is 10.9. The first kappa shape index (κ1) is 12.4. The maximum atomic E-state index is 11.9. The lowest BCUT2D eigenvalue weighted by atomic mass is 9.48. The van der Waals surface area contributed by atoms with Gasteiger partial charge in [0.15, 0.2) is 0 Å². The number of ether oxygens (including phenoxy) is 1. The second kappa shape index (κ2) is 3.45. The predicted octanol–water partition coefficient (Wildman–Crippen LogP) is 2.07. The van der Waals surface area contributed by atoms with Crippen LogP contribution in [0.3, 0.4) is 0 Å². The van der Waals surface area contributed by atoms with Crippen LogP contribution in [0.25, 0.3) is 0 Å². The van der Waals surface area contributed by atoms with Gasteiger partial charge in [-0.1, -0.05) is 32.1 Å². The third-order valence-electron chi connectivity index (χ3n) is 4.87. The fraction of sp³-hybridized carbons (Fsp3) is 0.643. The normalized spacial score (nSPS) is 44.5. The third-order valence-corrected chi connectivity index (χ3v) is 4.87. The molecule has 0 radical (unpaired) electrons. The number of rotatable bonds is 1. The van der Waals surface area contributed by atoms with E-state index in [9.17, 15) is 9.90 Å². The van der Waals surface area contributed by atoms with Crippen molar-refractivity contribution in [3.05, 3.63) is 23.8 Å². The summed E-state index contributed by atoms with van der Waals surface area (Å²) in [5, 5.41) is 10.4. The fourth-order valence-corrected chi connectivity index (χ4v) is 3.33. The highest BCUT2D eigenvalue weighted by atomic mass is 16.5. The van der Waals surface area contributed by atoms with Crippen LogP contribution in [0.15, 0.2) is 23.8 Å². The van der Waals surface area contributed by atoms with E-state index in [4.69, 9.17) is 4.74 Å². The van der Waals surface area contributed by atoms with Crippen molar-refractivity contribution in [2.75, 3.05) is 7.11 Å². The molecule has 3 heteroatoms. The van der Waals surface area contributed by atoms with Crippen molar-refractivity contribution in [3.8, 4) is 0 Å². The Kier molecular flexibility index (Phi) is 2.51. The minimum atomic E-state index is -0.672.